The maximum atomic E-state index is 13.0. The highest BCUT2D eigenvalue weighted by atomic mass is 32.2. The molecule has 0 amide bonds. The molecule has 0 aromatic carbocycles. The molecule has 4 fully saturated rings. The van der Waals surface area contributed by atoms with Gasteiger partial charge in [0.25, 0.3) is 6.43 Å². The summed E-state index contributed by atoms with van der Waals surface area (Å²) in [4.78, 5) is 2.46. The normalized spacial score (nSPS) is 40.3. The molecule has 28 heavy (non-hydrogen) atoms. The standard InChI is InChI=1S/C18H22F5N3OS/c19-15(20)6-26-13(5-14(24-26)18(21,22)23)16-11-3-10(4-12(11)16)25-2-1-17(7-25)8-28(27)9-17/h5,10-12,15-16H,1-4,6-9H2/t10?,11-,12+,16?,17?,28?. The third kappa shape index (κ3) is 3.11. The molecule has 2 aliphatic heterocycles. The van der Waals surface area contributed by atoms with Crippen molar-refractivity contribution in [2.75, 3.05) is 24.6 Å². The Morgan fingerprint density at radius 2 is 1.93 bits per heavy atom. The van der Waals surface area contributed by atoms with Gasteiger partial charge in [0.2, 0.25) is 0 Å². The summed E-state index contributed by atoms with van der Waals surface area (Å²) in [5.74, 6) is 2.00. The second-order valence-corrected chi connectivity index (χ2v) is 10.4. The fraction of sp³-hybridized carbons (Fsp3) is 0.833. The third-order valence-corrected chi connectivity index (χ3v) is 8.96. The van der Waals surface area contributed by atoms with Gasteiger partial charge in [-0.3, -0.25) is 13.8 Å². The van der Waals surface area contributed by atoms with Gasteiger partial charge in [-0.05, 0) is 43.7 Å². The second-order valence-electron chi connectivity index (χ2n) is 8.95. The van der Waals surface area contributed by atoms with E-state index in [1.165, 1.54) is 0 Å². The number of fused-ring (bicyclic) bond motifs is 1. The number of hydrogen-bond acceptors (Lipinski definition) is 3. The van der Waals surface area contributed by atoms with E-state index >= 15 is 0 Å². The van der Waals surface area contributed by atoms with Crippen molar-refractivity contribution in [1.82, 2.24) is 14.7 Å². The minimum Gasteiger partial charge on any atom is -0.300 e. The molecule has 156 valence electrons. The predicted octanol–water partition coefficient (Wildman–Crippen LogP) is 3.11. The third-order valence-electron chi connectivity index (χ3n) is 7.09. The van der Waals surface area contributed by atoms with Crippen LogP contribution in [0.5, 0.6) is 0 Å². The van der Waals surface area contributed by atoms with Crippen molar-refractivity contribution in [2.24, 2.45) is 17.3 Å². The van der Waals surface area contributed by atoms with Crippen LogP contribution in [0.3, 0.4) is 0 Å². The average Bonchev–Trinajstić information content (AvgIpc) is 3.02. The quantitative estimate of drug-likeness (QED) is 0.699. The van der Waals surface area contributed by atoms with E-state index in [4.69, 9.17) is 0 Å². The van der Waals surface area contributed by atoms with E-state index in [-0.39, 0.29) is 23.2 Å². The number of nitrogens with zero attached hydrogens (tertiary/aromatic N) is 3. The van der Waals surface area contributed by atoms with E-state index < -0.39 is 35.6 Å². The van der Waals surface area contributed by atoms with Gasteiger partial charge in [-0.25, -0.2) is 8.78 Å². The van der Waals surface area contributed by atoms with Crippen LogP contribution in [0.25, 0.3) is 0 Å². The van der Waals surface area contributed by atoms with Crippen molar-refractivity contribution in [1.29, 1.82) is 0 Å². The smallest absolute Gasteiger partial charge is 0.300 e. The van der Waals surface area contributed by atoms with Gasteiger partial charge in [0.15, 0.2) is 5.69 Å². The average molecular weight is 423 g/mol. The van der Waals surface area contributed by atoms with Gasteiger partial charge in [0, 0.05) is 51.9 Å². The van der Waals surface area contributed by atoms with Crippen LogP contribution in [0.1, 0.15) is 36.6 Å². The van der Waals surface area contributed by atoms with Crippen molar-refractivity contribution in [3.63, 3.8) is 0 Å². The van der Waals surface area contributed by atoms with Gasteiger partial charge in [-0.15, -0.1) is 0 Å². The molecule has 4 atom stereocenters. The summed E-state index contributed by atoms with van der Waals surface area (Å²) >= 11 is 0. The highest BCUT2D eigenvalue weighted by Crippen LogP contribution is 2.64. The molecule has 0 radical (unpaired) electrons. The maximum absolute atomic E-state index is 13.0. The van der Waals surface area contributed by atoms with Crippen LogP contribution in [0.15, 0.2) is 6.07 Å². The molecule has 4 nitrogen and oxygen atoms in total. The van der Waals surface area contributed by atoms with E-state index in [9.17, 15) is 26.2 Å². The predicted molar refractivity (Wildman–Crippen MR) is 92.5 cm³/mol. The van der Waals surface area contributed by atoms with Gasteiger partial charge >= 0.3 is 6.18 Å². The van der Waals surface area contributed by atoms with Crippen LogP contribution in [-0.4, -0.2) is 56.0 Å². The second kappa shape index (κ2) is 6.23. The van der Waals surface area contributed by atoms with E-state index in [0.29, 0.717) is 11.7 Å². The molecule has 2 aliphatic carbocycles. The zero-order valence-electron chi connectivity index (χ0n) is 15.2. The first-order valence-corrected chi connectivity index (χ1v) is 11.2. The van der Waals surface area contributed by atoms with Gasteiger partial charge < -0.3 is 0 Å². The lowest BCUT2D eigenvalue weighted by molar-refractivity contribution is -0.141. The van der Waals surface area contributed by atoms with Gasteiger partial charge in [0.05, 0.1) is 0 Å². The Kier molecular flexibility index (Phi) is 4.22. The maximum Gasteiger partial charge on any atom is 0.435 e. The van der Waals surface area contributed by atoms with Crippen LogP contribution < -0.4 is 0 Å². The molecule has 2 saturated carbocycles. The molecule has 2 unspecified atom stereocenters. The molecular formula is C18H22F5N3OS. The van der Waals surface area contributed by atoms with Crippen molar-refractivity contribution in [3.05, 3.63) is 17.5 Å². The number of aromatic nitrogens is 2. The highest BCUT2D eigenvalue weighted by Gasteiger charge is 2.60. The number of alkyl halides is 5. The SMILES string of the molecule is O=S1CC2(CCN(C3C[C@@H]4C(c5cc(C(F)(F)F)nn5CC(F)F)[C@@H]4C3)C2)C1. The van der Waals surface area contributed by atoms with Crippen molar-refractivity contribution >= 4 is 10.8 Å². The lowest BCUT2D eigenvalue weighted by Crippen LogP contribution is -2.47. The minimum absolute atomic E-state index is 0.0913. The molecule has 0 bridgehead atoms. The number of halogens is 5. The number of rotatable bonds is 4. The van der Waals surface area contributed by atoms with Crippen LogP contribution in [0.4, 0.5) is 22.0 Å². The van der Waals surface area contributed by atoms with Crippen molar-refractivity contribution < 1.29 is 26.2 Å². The van der Waals surface area contributed by atoms with Crippen LogP contribution in [0, 0.1) is 17.3 Å². The van der Waals surface area contributed by atoms with Crippen molar-refractivity contribution in [2.45, 2.75) is 50.4 Å². The Bertz CT molecular complexity index is 790. The van der Waals surface area contributed by atoms with Crippen molar-refractivity contribution in [3.8, 4) is 0 Å². The molecule has 2 saturated heterocycles. The lowest BCUT2D eigenvalue weighted by atomic mass is 9.91. The Hall–Kier alpha value is -1.03. The molecular weight excluding hydrogens is 401 g/mol. The largest absolute Gasteiger partial charge is 0.435 e. The molecule has 5 rings (SSSR count). The van der Waals surface area contributed by atoms with Gasteiger partial charge in [-0.1, -0.05) is 0 Å². The van der Waals surface area contributed by atoms with E-state index in [1.54, 1.807) is 0 Å². The van der Waals surface area contributed by atoms with Crippen LogP contribution >= 0.6 is 0 Å². The number of likely N-dealkylation sites (tertiary alicyclic amines) is 1. The molecule has 3 heterocycles. The fourth-order valence-electron chi connectivity index (χ4n) is 5.82. The van der Waals surface area contributed by atoms with Crippen LogP contribution in [-0.2, 0) is 23.5 Å². The Morgan fingerprint density at radius 3 is 2.50 bits per heavy atom. The van der Waals surface area contributed by atoms with Crippen LogP contribution in [0.2, 0.25) is 0 Å². The first kappa shape index (κ1) is 19.0. The monoisotopic (exact) mass is 423 g/mol. The summed E-state index contributed by atoms with van der Waals surface area (Å²) in [6.45, 7) is 1.17. The van der Waals surface area contributed by atoms with E-state index in [0.717, 1.165) is 54.6 Å². The molecule has 4 aliphatic rings. The topological polar surface area (TPSA) is 38.1 Å². The first-order valence-electron chi connectivity index (χ1n) is 9.67. The summed E-state index contributed by atoms with van der Waals surface area (Å²) in [5, 5.41) is 3.42. The summed E-state index contributed by atoms with van der Waals surface area (Å²) in [5.41, 5.74) is -0.549. The molecule has 1 spiro atoms. The highest BCUT2D eigenvalue weighted by molar-refractivity contribution is 7.86. The summed E-state index contributed by atoms with van der Waals surface area (Å²) in [7, 11) is -0.669. The lowest BCUT2D eigenvalue weighted by Gasteiger charge is -2.38. The first-order chi connectivity index (χ1) is 13.2. The van der Waals surface area contributed by atoms with E-state index in [2.05, 4.69) is 10.00 Å². The molecule has 10 heteroatoms. The Balaban J connectivity index is 1.26. The molecule has 0 N–H and O–H groups in total. The molecule has 1 aromatic rings. The zero-order valence-corrected chi connectivity index (χ0v) is 16.0. The fourth-order valence-corrected chi connectivity index (χ4v) is 7.57. The Labute approximate surface area is 161 Å². The van der Waals surface area contributed by atoms with E-state index in [1.807, 2.05) is 0 Å². The summed E-state index contributed by atoms with van der Waals surface area (Å²) in [6, 6.07) is 1.38. The zero-order chi connectivity index (χ0) is 19.8. The number of hydrogen-bond donors (Lipinski definition) is 0. The Morgan fingerprint density at radius 1 is 1.25 bits per heavy atom. The molecule has 1 aromatic heterocycles. The van der Waals surface area contributed by atoms with Gasteiger partial charge in [-0.2, -0.15) is 18.3 Å². The summed E-state index contributed by atoms with van der Waals surface area (Å²) < 4.78 is 77.0. The van der Waals surface area contributed by atoms with Gasteiger partial charge in [0.1, 0.15) is 6.54 Å². The minimum atomic E-state index is -4.62. The summed E-state index contributed by atoms with van der Waals surface area (Å²) in [6.07, 6.45) is -4.49.